The molecule has 0 aliphatic carbocycles. The second-order valence-electron chi connectivity index (χ2n) is 4.60. The van der Waals surface area contributed by atoms with Crippen LogP contribution in [-0.2, 0) is 4.79 Å². The summed E-state index contributed by atoms with van der Waals surface area (Å²) in [4.78, 5) is 15.9. The fraction of sp³-hybridized carbons (Fsp3) is 0.500. The van der Waals surface area contributed by atoms with Gasteiger partial charge in [-0.15, -0.1) is 11.6 Å². The normalized spacial score (nSPS) is 17.2. The van der Waals surface area contributed by atoms with E-state index in [1.54, 1.807) is 14.0 Å². The van der Waals surface area contributed by atoms with Gasteiger partial charge in [-0.05, 0) is 19.1 Å². The Kier molecular flexibility index (Phi) is 4.53. The molecule has 1 aromatic carbocycles. The minimum Gasteiger partial charge on any atom is -0.495 e. The molecule has 4 nitrogen and oxygen atoms in total. The number of alkyl halides is 1. The van der Waals surface area contributed by atoms with Crippen LogP contribution in [0, 0.1) is 0 Å². The third kappa shape index (κ3) is 3.13. The number of methoxy groups -OCH3 is 1. The van der Waals surface area contributed by atoms with E-state index >= 15 is 0 Å². The molecule has 0 radical (unpaired) electrons. The van der Waals surface area contributed by atoms with Crippen molar-refractivity contribution in [1.82, 2.24) is 4.90 Å². The SMILES string of the molecule is COc1ccccc1N1CCN(C(=O)[C@@H](C)Cl)CC1. The Hall–Kier alpha value is -1.42. The number of rotatable bonds is 3. The average molecular weight is 283 g/mol. The molecule has 19 heavy (non-hydrogen) atoms. The number of hydrogen-bond donors (Lipinski definition) is 0. The number of hydrogen-bond acceptors (Lipinski definition) is 3. The Labute approximate surface area is 118 Å². The van der Waals surface area contributed by atoms with E-state index in [4.69, 9.17) is 16.3 Å². The highest BCUT2D eigenvalue weighted by Gasteiger charge is 2.24. The van der Waals surface area contributed by atoms with Crippen LogP contribution in [0.3, 0.4) is 0 Å². The number of nitrogens with zero attached hydrogens (tertiary/aromatic N) is 2. The fourth-order valence-electron chi connectivity index (χ4n) is 2.31. The molecule has 1 aromatic rings. The number of amides is 1. The smallest absolute Gasteiger partial charge is 0.240 e. The molecule has 0 unspecified atom stereocenters. The molecule has 1 fully saturated rings. The minimum atomic E-state index is -0.446. The first kappa shape index (κ1) is 14.0. The van der Waals surface area contributed by atoms with Gasteiger partial charge in [-0.1, -0.05) is 12.1 Å². The molecule has 1 aliphatic heterocycles. The molecule has 5 heteroatoms. The third-order valence-electron chi connectivity index (χ3n) is 3.36. The minimum absolute atomic E-state index is 0.0151. The zero-order chi connectivity index (χ0) is 13.8. The standard InChI is InChI=1S/C14H19ClN2O2/c1-11(15)14(18)17-9-7-16(8-10-17)12-5-3-4-6-13(12)19-2/h3-6,11H,7-10H2,1-2H3/t11-/m1/s1. The molecule has 2 rings (SSSR count). The van der Waals surface area contributed by atoms with Crippen LogP contribution >= 0.6 is 11.6 Å². The lowest BCUT2D eigenvalue weighted by molar-refractivity contribution is -0.130. The molecule has 1 amide bonds. The molecule has 1 atom stereocenters. The van der Waals surface area contributed by atoms with Gasteiger partial charge in [0.1, 0.15) is 11.1 Å². The largest absolute Gasteiger partial charge is 0.495 e. The topological polar surface area (TPSA) is 32.8 Å². The number of carbonyl (C=O) groups is 1. The Balaban J connectivity index is 2.02. The Morgan fingerprint density at radius 3 is 2.47 bits per heavy atom. The summed E-state index contributed by atoms with van der Waals surface area (Å²) in [6, 6.07) is 7.95. The van der Waals surface area contributed by atoms with Gasteiger partial charge in [-0.25, -0.2) is 0 Å². The van der Waals surface area contributed by atoms with Crippen LogP contribution < -0.4 is 9.64 Å². The summed E-state index contributed by atoms with van der Waals surface area (Å²) in [6.45, 7) is 4.73. The van der Waals surface area contributed by atoms with E-state index in [0.29, 0.717) is 13.1 Å². The summed E-state index contributed by atoms with van der Waals surface area (Å²) in [6.07, 6.45) is 0. The van der Waals surface area contributed by atoms with Crippen molar-refractivity contribution in [3.05, 3.63) is 24.3 Å². The maximum absolute atomic E-state index is 11.8. The molecule has 0 bridgehead atoms. The fourth-order valence-corrected chi connectivity index (χ4v) is 2.45. The van der Waals surface area contributed by atoms with E-state index in [1.165, 1.54) is 0 Å². The third-order valence-corrected chi connectivity index (χ3v) is 3.54. The van der Waals surface area contributed by atoms with Crippen LogP contribution in [0.5, 0.6) is 5.75 Å². The second kappa shape index (κ2) is 6.15. The highest BCUT2D eigenvalue weighted by molar-refractivity contribution is 6.30. The van der Waals surface area contributed by atoms with Crippen LogP contribution in [0.1, 0.15) is 6.92 Å². The molecule has 1 saturated heterocycles. The van der Waals surface area contributed by atoms with E-state index < -0.39 is 5.38 Å². The van der Waals surface area contributed by atoms with E-state index in [1.807, 2.05) is 29.2 Å². The van der Waals surface area contributed by atoms with Crippen LogP contribution in [0.15, 0.2) is 24.3 Å². The number of para-hydroxylation sites is 2. The van der Waals surface area contributed by atoms with Crippen LogP contribution in [-0.4, -0.2) is 49.5 Å². The molecule has 0 spiro atoms. The van der Waals surface area contributed by atoms with E-state index in [2.05, 4.69) is 4.90 Å². The molecule has 0 N–H and O–H groups in total. The van der Waals surface area contributed by atoms with E-state index in [-0.39, 0.29) is 5.91 Å². The van der Waals surface area contributed by atoms with Crippen molar-refractivity contribution in [3.8, 4) is 5.75 Å². The summed E-state index contributed by atoms with van der Waals surface area (Å²) < 4.78 is 5.37. The number of halogens is 1. The molecular weight excluding hydrogens is 264 g/mol. The zero-order valence-corrected chi connectivity index (χ0v) is 12.1. The first-order chi connectivity index (χ1) is 9.13. The van der Waals surface area contributed by atoms with Gasteiger partial charge in [0, 0.05) is 26.2 Å². The van der Waals surface area contributed by atoms with Gasteiger partial charge in [-0.3, -0.25) is 4.79 Å². The van der Waals surface area contributed by atoms with Crippen molar-refractivity contribution in [3.63, 3.8) is 0 Å². The summed E-state index contributed by atoms with van der Waals surface area (Å²) in [5, 5.41) is -0.446. The molecule has 0 aromatic heterocycles. The predicted octanol–water partition coefficient (Wildman–Crippen LogP) is 1.97. The Bertz CT molecular complexity index is 443. The Morgan fingerprint density at radius 2 is 1.89 bits per heavy atom. The lowest BCUT2D eigenvalue weighted by Gasteiger charge is -2.37. The van der Waals surface area contributed by atoms with Crippen LogP contribution in [0.4, 0.5) is 5.69 Å². The highest BCUT2D eigenvalue weighted by atomic mass is 35.5. The predicted molar refractivity (Wildman–Crippen MR) is 77.1 cm³/mol. The average Bonchev–Trinajstić information content (AvgIpc) is 2.46. The maximum atomic E-state index is 11.8. The summed E-state index contributed by atoms with van der Waals surface area (Å²) >= 11 is 5.84. The number of piperazine rings is 1. The summed E-state index contributed by atoms with van der Waals surface area (Å²) in [5.74, 6) is 0.884. The first-order valence-corrected chi connectivity index (χ1v) is 6.88. The monoisotopic (exact) mass is 282 g/mol. The summed E-state index contributed by atoms with van der Waals surface area (Å²) in [7, 11) is 1.67. The lowest BCUT2D eigenvalue weighted by Crippen LogP contribution is -2.50. The van der Waals surface area contributed by atoms with Gasteiger partial charge >= 0.3 is 0 Å². The van der Waals surface area contributed by atoms with Gasteiger partial charge in [0.25, 0.3) is 0 Å². The van der Waals surface area contributed by atoms with E-state index in [0.717, 1.165) is 24.5 Å². The van der Waals surface area contributed by atoms with Crippen molar-refractivity contribution in [2.45, 2.75) is 12.3 Å². The Morgan fingerprint density at radius 1 is 1.26 bits per heavy atom. The molecular formula is C14H19ClN2O2. The van der Waals surface area contributed by atoms with Crippen molar-refractivity contribution in [2.75, 3.05) is 38.2 Å². The number of carbonyl (C=O) groups excluding carboxylic acids is 1. The molecule has 104 valence electrons. The number of anilines is 1. The van der Waals surface area contributed by atoms with E-state index in [9.17, 15) is 4.79 Å². The molecule has 1 aliphatic rings. The number of ether oxygens (including phenoxy) is 1. The summed E-state index contributed by atoms with van der Waals surface area (Å²) in [5.41, 5.74) is 1.08. The van der Waals surface area contributed by atoms with Crippen molar-refractivity contribution >= 4 is 23.2 Å². The van der Waals surface area contributed by atoms with Crippen molar-refractivity contribution in [2.24, 2.45) is 0 Å². The number of benzene rings is 1. The highest BCUT2D eigenvalue weighted by Crippen LogP contribution is 2.28. The van der Waals surface area contributed by atoms with Gasteiger partial charge in [0.2, 0.25) is 5.91 Å². The quantitative estimate of drug-likeness (QED) is 0.795. The molecule has 0 saturated carbocycles. The second-order valence-corrected chi connectivity index (χ2v) is 5.25. The lowest BCUT2D eigenvalue weighted by atomic mass is 10.2. The van der Waals surface area contributed by atoms with Gasteiger partial charge in [-0.2, -0.15) is 0 Å². The van der Waals surface area contributed by atoms with Crippen molar-refractivity contribution < 1.29 is 9.53 Å². The van der Waals surface area contributed by atoms with Crippen LogP contribution in [0.2, 0.25) is 0 Å². The maximum Gasteiger partial charge on any atom is 0.240 e. The van der Waals surface area contributed by atoms with Gasteiger partial charge < -0.3 is 14.5 Å². The zero-order valence-electron chi connectivity index (χ0n) is 11.3. The first-order valence-electron chi connectivity index (χ1n) is 6.44. The van der Waals surface area contributed by atoms with Crippen molar-refractivity contribution in [1.29, 1.82) is 0 Å². The van der Waals surface area contributed by atoms with Gasteiger partial charge in [0.05, 0.1) is 12.8 Å². The molecule has 1 heterocycles. The van der Waals surface area contributed by atoms with Gasteiger partial charge in [0.15, 0.2) is 0 Å². The van der Waals surface area contributed by atoms with Crippen LogP contribution in [0.25, 0.3) is 0 Å².